The molecule has 0 fully saturated rings. The van der Waals surface area contributed by atoms with Crippen molar-refractivity contribution >= 4 is 11.6 Å². The molecule has 0 saturated carbocycles. The minimum atomic E-state index is -0.621. The predicted molar refractivity (Wildman–Crippen MR) is 76.2 cm³/mol. The molecule has 0 bridgehead atoms. The smallest absolute Gasteiger partial charge is 0.0916 e. The van der Waals surface area contributed by atoms with Crippen molar-refractivity contribution in [1.82, 2.24) is 4.90 Å². The van der Waals surface area contributed by atoms with Crippen LogP contribution in [0, 0.1) is 5.41 Å². The normalized spacial score (nSPS) is 13.8. The van der Waals surface area contributed by atoms with Gasteiger partial charge in [-0.15, -0.1) is 0 Å². The van der Waals surface area contributed by atoms with Gasteiger partial charge in [0.1, 0.15) is 0 Å². The fourth-order valence-corrected chi connectivity index (χ4v) is 2.08. The van der Waals surface area contributed by atoms with Crippen molar-refractivity contribution in [3.63, 3.8) is 0 Å². The molecule has 1 rings (SSSR count). The number of nitrogens with zero attached hydrogens (tertiary/aromatic N) is 1. The number of benzene rings is 1. The lowest BCUT2D eigenvalue weighted by molar-refractivity contribution is 0.0280. The zero-order valence-corrected chi connectivity index (χ0v) is 12.1. The lowest BCUT2D eigenvalue weighted by Crippen LogP contribution is -2.40. The monoisotopic (exact) mass is 287 g/mol. The van der Waals surface area contributed by atoms with Gasteiger partial charge in [-0.25, -0.2) is 0 Å². The van der Waals surface area contributed by atoms with Crippen LogP contribution in [0.4, 0.5) is 0 Å². The van der Waals surface area contributed by atoms with Crippen LogP contribution in [-0.2, 0) is 0 Å². The van der Waals surface area contributed by atoms with Gasteiger partial charge in [0.05, 0.1) is 19.3 Å². The highest BCUT2D eigenvalue weighted by molar-refractivity contribution is 6.30. The number of hydrogen-bond donors (Lipinski definition) is 3. The summed E-state index contributed by atoms with van der Waals surface area (Å²) in [5.41, 5.74) is 0.236. The van der Waals surface area contributed by atoms with Crippen molar-refractivity contribution in [2.75, 3.05) is 33.4 Å². The molecule has 19 heavy (non-hydrogen) atoms. The summed E-state index contributed by atoms with van der Waals surface area (Å²) in [6.07, 6.45) is -0.621. The van der Waals surface area contributed by atoms with Gasteiger partial charge in [-0.2, -0.15) is 0 Å². The Bertz CT molecular complexity index is 379. The Morgan fingerprint density at radius 3 is 2.21 bits per heavy atom. The van der Waals surface area contributed by atoms with E-state index >= 15 is 0 Å². The molecule has 0 radical (unpaired) electrons. The first-order valence-corrected chi connectivity index (χ1v) is 6.62. The molecule has 5 heteroatoms. The summed E-state index contributed by atoms with van der Waals surface area (Å²) in [6, 6.07) is 7.06. The Balaban J connectivity index is 2.56. The largest absolute Gasteiger partial charge is 0.396 e. The molecule has 0 aliphatic rings. The number of aliphatic hydroxyl groups excluding tert-OH is 3. The minimum absolute atomic E-state index is 0.0924. The summed E-state index contributed by atoms with van der Waals surface area (Å²) in [5, 5.41) is 29.3. The summed E-state index contributed by atoms with van der Waals surface area (Å²) in [5.74, 6) is 0. The van der Waals surface area contributed by atoms with Gasteiger partial charge in [0.25, 0.3) is 0 Å². The molecule has 4 nitrogen and oxygen atoms in total. The molecule has 0 aromatic heterocycles. The molecule has 0 aliphatic heterocycles. The van der Waals surface area contributed by atoms with Gasteiger partial charge in [-0.05, 0) is 24.7 Å². The Kier molecular flexibility index (Phi) is 6.23. The van der Waals surface area contributed by atoms with Crippen molar-refractivity contribution < 1.29 is 15.3 Å². The average Bonchev–Trinajstić information content (AvgIpc) is 2.39. The molecule has 0 amide bonds. The molecule has 1 atom stereocenters. The fourth-order valence-electron chi connectivity index (χ4n) is 1.95. The Morgan fingerprint density at radius 1 is 1.21 bits per heavy atom. The third-order valence-electron chi connectivity index (χ3n) is 3.15. The first-order valence-electron chi connectivity index (χ1n) is 6.24. The number of aliphatic hydroxyl groups is 3. The highest BCUT2D eigenvalue weighted by Crippen LogP contribution is 2.20. The Labute approximate surface area is 119 Å². The molecule has 0 spiro atoms. The zero-order valence-electron chi connectivity index (χ0n) is 11.4. The van der Waals surface area contributed by atoms with E-state index in [9.17, 15) is 15.3 Å². The van der Waals surface area contributed by atoms with E-state index in [4.69, 9.17) is 11.6 Å². The van der Waals surface area contributed by atoms with Crippen molar-refractivity contribution in [1.29, 1.82) is 0 Å². The lowest BCUT2D eigenvalue weighted by Gasteiger charge is -2.31. The number of rotatable bonds is 7. The molecule has 1 aromatic rings. The average molecular weight is 288 g/mol. The zero-order chi connectivity index (χ0) is 14.5. The Morgan fingerprint density at radius 2 is 1.74 bits per heavy atom. The molecular formula is C14H22ClNO3. The third-order valence-corrected chi connectivity index (χ3v) is 3.41. The van der Waals surface area contributed by atoms with Crippen LogP contribution in [0.1, 0.15) is 18.6 Å². The van der Waals surface area contributed by atoms with E-state index in [1.165, 1.54) is 0 Å². The number of halogens is 1. The van der Waals surface area contributed by atoms with Crippen LogP contribution in [0.2, 0.25) is 5.02 Å². The third kappa shape index (κ3) is 5.09. The van der Waals surface area contributed by atoms with Crippen LogP contribution in [0.5, 0.6) is 0 Å². The van der Waals surface area contributed by atoms with E-state index < -0.39 is 11.5 Å². The maximum atomic E-state index is 10.1. The van der Waals surface area contributed by atoms with Gasteiger partial charge in [-0.3, -0.25) is 0 Å². The SMILES string of the molecule is CN(CC(O)c1ccc(Cl)cc1)CC(C)(CO)CO. The van der Waals surface area contributed by atoms with Crippen LogP contribution in [0.3, 0.4) is 0 Å². The van der Waals surface area contributed by atoms with E-state index in [1.807, 2.05) is 11.9 Å². The van der Waals surface area contributed by atoms with Crippen LogP contribution < -0.4 is 0 Å². The summed E-state index contributed by atoms with van der Waals surface area (Å²) < 4.78 is 0. The highest BCUT2D eigenvalue weighted by atomic mass is 35.5. The molecule has 0 aliphatic carbocycles. The van der Waals surface area contributed by atoms with Crippen molar-refractivity contribution in [2.24, 2.45) is 5.41 Å². The van der Waals surface area contributed by atoms with E-state index in [2.05, 4.69) is 0 Å². The van der Waals surface area contributed by atoms with Gasteiger partial charge >= 0.3 is 0 Å². The molecule has 3 N–H and O–H groups in total. The maximum absolute atomic E-state index is 10.1. The van der Waals surface area contributed by atoms with Crippen LogP contribution in [-0.4, -0.2) is 53.6 Å². The maximum Gasteiger partial charge on any atom is 0.0916 e. The summed E-state index contributed by atoms with van der Waals surface area (Å²) >= 11 is 5.80. The van der Waals surface area contributed by atoms with Gasteiger partial charge in [-0.1, -0.05) is 30.7 Å². The minimum Gasteiger partial charge on any atom is -0.396 e. The lowest BCUT2D eigenvalue weighted by atomic mass is 9.92. The van der Waals surface area contributed by atoms with Gasteiger partial charge in [0, 0.05) is 23.5 Å². The number of hydrogen-bond acceptors (Lipinski definition) is 4. The highest BCUT2D eigenvalue weighted by Gasteiger charge is 2.25. The quantitative estimate of drug-likeness (QED) is 0.707. The van der Waals surface area contributed by atoms with Crippen molar-refractivity contribution in [2.45, 2.75) is 13.0 Å². The van der Waals surface area contributed by atoms with Crippen LogP contribution in [0.25, 0.3) is 0 Å². The first-order chi connectivity index (χ1) is 8.90. The fraction of sp³-hybridized carbons (Fsp3) is 0.571. The van der Waals surface area contributed by atoms with Gasteiger partial charge in [0.15, 0.2) is 0 Å². The molecule has 1 aromatic carbocycles. The van der Waals surface area contributed by atoms with Gasteiger partial charge < -0.3 is 20.2 Å². The number of likely N-dealkylation sites (N-methyl/N-ethyl adjacent to an activating group) is 1. The van der Waals surface area contributed by atoms with E-state index in [1.54, 1.807) is 31.2 Å². The topological polar surface area (TPSA) is 63.9 Å². The summed E-state index contributed by atoms with van der Waals surface area (Å²) in [7, 11) is 1.85. The second-order valence-corrected chi connectivity index (χ2v) is 5.83. The van der Waals surface area contributed by atoms with Crippen LogP contribution >= 0.6 is 11.6 Å². The standard InChI is InChI=1S/C14H22ClNO3/c1-14(9-17,10-18)8-16(2)7-13(19)11-3-5-12(15)6-4-11/h3-6,13,17-19H,7-10H2,1-2H3. The molecule has 0 heterocycles. The summed E-state index contributed by atoms with van der Waals surface area (Å²) in [4.78, 5) is 1.89. The van der Waals surface area contributed by atoms with E-state index in [0.717, 1.165) is 5.56 Å². The molecular weight excluding hydrogens is 266 g/mol. The van der Waals surface area contributed by atoms with E-state index in [0.29, 0.717) is 18.1 Å². The van der Waals surface area contributed by atoms with Crippen molar-refractivity contribution in [3.05, 3.63) is 34.9 Å². The first kappa shape index (κ1) is 16.4. The molecule has 1 unspecified atom stereocenters. The van der Waals surface area contributed by atoms with Gasteiger partial charge in [0.2, 0.25) is 0 Å². The summed E-state index contributed by atoms with van der Waals surface area (Å²) in [6.45, 7) is 2.55. The van der Waals surface area contributed by atoms with Crippen molar-refractivity contribution in [3.8, 4) is 0 Å². The van der Waals surface area contributed by atoms with Crippen LogP contribution in [0.15, 0.2) is 24.3 Å². The molecule has 108 valence electrons. The Hall–Kier alpha value is -0.650. The second-order valence-electron chi connectivity index (χ2n) is 5.39. The predicted octanol–water partition coefficient (Wildman–Crippen LogP) is 1.30. The molecule has 0 saturated heterocycles. The second kappa shape index (κ2) is 7.22. The van der Waals surface area contributed by atoms with E-state index in [-0.39, 0.29) is 13.2 Å².